The minimum Gasteiger partial charge on any atom is -0.368 e. The Kier molecular flexibility index (Phi) is 4.40. The highest BCUT2D eigenvalue weighted by molar-refractivity contribution is 7.13. The first-order valence-electron chi connectivity index (χ1n) is 8.92. The van der Waals surface area contributed by atoms with Crippen molar-refractivity contribution in [1.29, 1.82) is 0 Å². The van der Waals surface area contributed by atoms with E-state index < -0.39 is 0 Å². The van der Waals surface area contributed by atoms with E-state index in [4.69, 9.17) is 0 Å². The molecule has 1 fully saturated rings. The number of fused-ring (bicyclic) bond motifs is 1. The molecule has 0 radical (unpaired) electrons. The SMILES string of the molecule is Cc1nc(C)c(C(=O)N2CCN(c3ccc4c(c3)CCC(=O)N4)CC2)s1. The molecule has 2 aromatic rings. The van der Waals surface area contributed by atoms with Crippen molar-refractivity contribution in [3.05, 3.63) is 39.3 Å². The molecule has 26 heavy (non-hydrogen) atoms. The van der Waals surface area contributed by atoms with Crippen LogP contribution < -0.4 is 10.2 Å². The van der Waals surface area contributed by atoms with E-state index in [0.717, 1.165) is 46.5 Å². The van der Waals surface area contributed by atoms with Crippen molar-refractivity contribution < 1.29 is 9.59 Å². The topological polar surface area (TPSA) is 65.5 Å². The molecule has 0 unspecified atom stereocenters. The van der Waals surface area contributed by atoms with Crippen LogP contribution in [0.1, 0.15) is 32.4 Å². The molecule has 2 aliphatic rings. The first kappa shape index (κ1) is 17.0. The Balaban J connectivity index is 1.43. The summed E-state index contributed by atoms with van der Waals surface area (Å²) in [5.41, 5.74) is 4.11. The number of benzene rings is 1. The molecule has 1 N–H and O–H groups in total. The van der Waals surface area contributed by atoms with Gasteiger partial charge < -0.3 is 15.1 Å². The number of thiazole rings is 1. The first-order chi connectivity index (χ1) is 12.5. The van der Waals surface area contributed by atoms with Gasteiger partial charge in [0.05, 0.1) is 10.7 Å². The number of nitrogens with one attached hydrogen (secondary N) is 1. The molecule has 0 spiro atoms. The van der Waals surface area contributed by atoms with E-state index in [2.05, 4.69) is 27.3 Å². The van der Waals surface area contributed by atoms with Gasteiger partial charge in [0, 0.05) is 44.0 Å². The van der Waals surface area contributed by atoms with E-state index in [0.29, 0.717) is 19.5 Å². The number of anilines is 2. The number of nitrogens with zero attached hydrogens (tertiary/aromatic N) is 3. The minimum atomic E-state index is 0.0889. The zero-order valence-corrected chi connectivity index (χ0v) is 15.9. The van der Waals surface area contributed by atoms with E-state index in [-0.39, 0.29) is 11.8 Å². The number of rotatable bonds is 2. The maximum Gasteiger partial charge on any atom is 0.265 e. The van der Waals surface area contributed by atoms with Crippen molar-refractivity contribution >= 4 is 34.5 Å². The molecule has 7 heteroatoms. The number of amides is 2. The molecule has 0 bridgehead atoms. The summed E-state index contributed by atoms with van der Waals surface area (Å²) in [4.78, 5) is 33.6. The fourth-order valence-corrected chi connectivity index (χ4v) is 4.50. The van der Waals surface area contributed by atoms with Crippen LogP contribution in [-0.4, -0.2) is 47.9 Å². The van der Waals surface area contributed by atoms with Gasteiger partial charge in [-0.05, 0) is 44.0 Å². The zero-order chi connectivity index (χ0) is 18.3. The van der Waals surface area contributed by atoms with Crippen molar-refractivity contribution in [2.24, 2.45) is 0 Å². The molecule has 2 amide bonds. The van der Waals surface area contributed by atoms with Gasteiger partial charge in [0.15, 0.2) is 0 Å². The summed E-state index contributed by atoms with van der Waals surface area (Å²) in [6.07, 6.45) is 1.34. The van der Waals surface area contributed by atoms with Crippen LogP contribution in [0.3, 0.4) is 0 Å². The molecule has 6 nitrogen and oxygen atoms in total. The highest BCUT2D eigenvalue weighted by Crippen LogP contribution is 2.28. The zero-order valence-electron chi connectivity index (χ0n) is 15.0. The molecule has 4 rings (SSSR count). The van der Waals surface area contributed by atoms with Crippen molar-refractivity contribution in [3.8, 4) is 0 Å². The van der Waals surface area contributed by atoms with Gasteiger partial charge in [-0.25, -0.2) is 4.98 Å². The molecule has 0 saturated carbocycles. The molecule has 2 aliphatic heterocycles. The number of aryl methyl sites for hydroxylation is 3. The highest BCUT2D eigenvalue weighted by Gasteiger charge is 2.25. The van der Waals surface area contributed by atoms with Gasteiger partial charge in [-0.1, -0.05) is 0 Å². The van der Waals surface area contributed by atoms with Crippen molar-refractivity contribution in [2.45, 2.75) is 26.7 Å². The normalized spacial score (nSPS) is 17.1. The van der Waals surface area contributed by atoms with Crippen LogP contribution in [0.2, 0.25) is 0 Å². The Labute approximate surface area is 156 Å². The van der Waals surface area contributed by atoms with Gasteiger partial charge in [-0.15, -0.1) is 11.3 Å². The minimum absolute atomic E-state index is 0.0889. The third-order valence-electron chi connectivity index (χ3n) is 5.01. The lowest BCUT2D eigenvalue weighted by atomic mass is 10.0. The molecule has 136 valence electrons. The fraction of sp³-hybridized carbons (Fsp3) is 0.421. The van der Waals surface area contributed by atoms with Crippen LogP contribution in [0.25, 0.3) is 0 Å². The van der Waals surface area contributed by atoms with Gasteiger partial charge >= 0.3 is 0 Å². The largest absolute Gasteiger partial charge is 0.368 e. The maximum absolute atomic E-state index is 12.7. The van der Waals surface area contributed by atoms with Gasteiger partial charge in [0.2, 0.25) is 5.91 Å². The molecule has 0 aliphatic carbocycles. The second-order valence-corrected chi connectivity index (χ2v) is 8.02. The van der Waals surface area contributed by atoms with Crippen LogP contribution in [0.15, 0.2) is 18.2 Å². The number of carbonyl (C=O) groups is 2. The Morgan fingerprint density at radius 2 is 1.92 bits per heavy atom. The van der Waals surface area contributed by atoms with Crippen LogP contribution in [0.5, 0.6) is 0 Å². The van der Waals surface area contributed by atoms with E-state index in [1.807, 2.05) is 24.8 Å². The van der Waals surface area contributed by atoms with Gasteiger partial charge in [-0.2, -0.15) is 0 Å². The Bertz CT molecular complexity index is 868. The van der Waals surface area contributed by atoms with Crippen LogP contribution in [-0.2, 0) is 11.2 Å². The molecule has 0 atom stereocenters. The summed E-state index contributed by atoms with van der Waals surface area (Å²) in [6.45, 7) is 6.89. The third kappa shape index (κ3) is 3.19. The van der Waals surface area contributed by atoms with Crippen molar-refractivity contribution in [1.82, 2.24) is 9.88 Å². The summed E-state index contributed by atoms with van der Waals surface area (Å²) in [6, 6.07) is 6.21. The molecule has 1 aromatic carbocycles. The van der Waals surface area contributed by atoms with E-state index in [1.54, 1.807) is 0 Å². The molecule has 1 aromatic heterocycles. The average Bonchev–Trinajstić information content (AvgIpc) is 2.99. The highest BCUT2D eigenvalue weighted by atomic mass is 32.1. The lowest BCUT2D eigenvalue weighted by Gasteiger charge is -2.36. The summed E-state index contributed by atoms with van der Waals surface area (Å²) in [5.74, 6) is 0.187. The van der Waals surface area contributed by atoms with Crippen LogP contribution >= 0.6 is 11.3 Å². The predicted molar refractivity (Wildman–Crippen MR) is 103 cm³/mol. The summed E-state index contributed by atoms with van der Waals surface area (Å²) in [7, 11) is 0. The Morgan fingerprint density at radius 1 is 1.15 bits per heavy atom. The van der Waals surface area contributed by atoms with E-state index in [1.165, 1.54) is 16.9 Å². The monoisotopic (exact) mass is 370 g/mol. The summed E-state index contributed by atoms with van der Waals surface area (Å²) in [5, 5.41) is 3.86. The molecule has 3 heterocycles. The standard InChI is InChI=1S/C19H22N4O2S/c1-12-18(26-13(2)20-12)19(25)23-9-7-22(8-10-23)15-4-5-16-14(11-15)3-6-17(24)21-16/h4-5,11H,3,6-10H2,1-2H3,(H,21,24). The number of hydrogen-bond donors (Lipinski definition) is 1. The lowest BCUT2D eigenvalue weighted by Crippen LogP contribution is -2.48. The average molecular weight is 370 g/mol. The number of piperazine rings is 1. The maximum atomic E-state index is 12.7. The molecule has 1 saturated heterocycles. The first-order valence-corrected chi connectivity index (χ1v) is 9.74. The second kappa shape index (κ2) is 6.72. The smallest absolute Gasteiger partial charge is 0.265 e. The Morgan fingerprint density at radius 3 is 2.62 bits per heavy atom. The summed E-state index contributed by atoms with van der Waals surface area (Å²) < 4.78 is 0. The number of carbonyl (C=O) groups excluding carboxylic acids is 2. The van der Waals surface area contributed by atoms with Crippen LogP contribution in [0, 0.1) is 13.8 Å². The number of aromatic nitrogens is 1. The summed E-state index contributed by atoms with van der Waals surface area (Å²) >= 11 is 1.48. The predicted octanol–water partition coefficient (Wildman–Crippen LogP) is 2.61. The quantitative estimate of drug-likeness (QED) is 0.883. The van der Waals surface area contributed by atoms with E-state index >= 15 is 0 Å². The third-order valence-corrected chi connectivity index (χ3v) is 6.07. The van der Waals surface area contributed by atoms with Gasteiger partial charge in [0.1, 0.15) is 4.88 Å². The Hall–Kier alpha value is -2.41. The van der Waals surface area contributed by atoms with Crippen LogP contribution in [0.4, 0.5) is 11.4 Å². The van der Waals surface area contributed by atoms with Gasteiger partial charge in [-0.3, -0.25) is 9.59 Å². The van der Waals surface area contributed by atoms with E-state index in [9.17, 15) is 9.59 Å². The lowest BCUT2D eigenvalue weighted by molar-refractivity contribution is -0.116. The molecular weight excluding hydrogens is 348 g/mol. The second-order valence-electron chi connectivity index (χ2n) is 6.82. The van der Waals surface area contributed by atoms with Gasteiger partial charge in [0.25, 0.3) is 5.91 Å². The molecular formula is C19H22N4O2S. The van der Waals surface area contributed by atoms with Crippen molar-refractivity contribution in [3.63, 3.8) is 0 Å². The van der Waals surface area contributed by atoms with Crippen molar-refractivity contribution in [2.75, 3.05) is 36.4 Å². The number of hydrogen-bond acceptors (Lipinski definition) is 5. The fourth-order valence-electron chi connectivity index (χ4n) is 3.61.